The molecule has 4 aliphatic rings. The molecule has 1 aromatic carbocycles. The van der Waals surface area contributed by atoms with Crippen LogP contribution in [0.1, 0.15) is 66.2 Å². The Balaban J connectivity index is 1.63. The van der Waals surface area contributed by atoms with Crippen LogP contribution in [0.3, 0.4) is 0 Å². The minimum Gasteiger partial charge on any atom is -0.465 e. The fourth-order valence-electron chi connectivity index (χ4n) is 6.48. The maximum Gasteiger partial charge on any atom is 0.337 e. The van der Waals surface area contributed by atoms with Gasteiger partial charge < -0.3 is 20.1 Å². The molecule has 4 bridgehead atoms. The van der Waals surface area contributed by atoms with Crippen LogP contribution < -0.4 is 10.6 Å². The lowest BCUT2D eigenvalue weighted by Crippen LogP contribution is -2.65. The average Bonchev–Trinajstić information content (AvgIpc) is 2.70. The van der Waals surface area contributed by atoms with Crippen LogP contribution in [-0.2, 0) is 19.1 Å². The molecule has 4 aliphatic carbocycles. The van der Waals surface area contributed by atoms with Gasteiger partial charge in [-0.1, -0.05) is 0 Å². The largest absolute Gasteiger partial charge is 0.465 e. The summed E-state index contributed by atoms with van der Waals surface area (Å²) in [6.45, 7) is 1.53. The van der Waals surface area contributed by atoms with Crippen LogP contribution in [0.5, 0.6) is 0 Å². The van der Waals surface area contributed by atoms with Crippen molar-refractivity contribution in [3.8, 4) is 0 Å². The first-order valence-corrected chi connectivity index (χ1v) is 10.6. The smallest absolute Gasteiger partial charge is 0.337 e. The van der Waals surface area contributed by atoms with E-state index in [-0.39, 0.29) is 28.5 Å². The lowest BCUT2D eigenvalue weighted by Gasteiger charge is -2.61. The van der Waals surface area contributed by atoms with Gasteiger partial charge in [0.25, 0.3) is 0 Å². The number of benzene rings is 1. The molecule has 1 aromatic rings. The summed E-state index contributed by atoms with van der Waals surface area (Å²) in [6, 6.07) is 4.38. The molecule has 8 heteroatoms. The molecule has 2 amide bonds. The normalized spacial score (nSPS) is 30.4. The van der Waals surface area contributed by atoms with E-state index < -0.39 is 17.4 Å². The predicted molar refractivity (Wildman–Crippen MR) is 111 cm³/mol. The second-order valence-corrected chi connectivity index (χ2v) is 9.44. The van der Waals surface area contributed by atoms with Crippen molar-refractivity contribution >= 4 is 29.4 Å². The second kappa shape index (κ2) is 7.66. The molecular formula is C23H28N2O6. The topological polar surface area (TPSA) is 111 Å². The Labute approximate surface area is 181 Å². The molecular weight excluding hydrogens is 400 g/mol. The lowest BCUT2D eigenvalue weighted by atomic mass is 9.46. The molecule has 4 fully saturated rings. The second-order valence-electron chi connectivity index (χ2n) is 9.44. The van der Waals surface area contributed by atoms with Gasteiger partial charge >= 0.3 is 11.9 Å². The molecule has 166 valence electrons. The first-order chi connectivity index (χ1) is 14.7. The third-order valence-electron chi connectivity index (χ3n) is 7.02. The Morgan fingerprint density at radius 1 is 0.903 bits per heavy atom. The molecule has 0 aromatic heterocycles. The fraction of sp³-hybridized carbons (Fsp3) is 0.565. The number of nitrogens with one attached hydrogen (secondary N) is 2. The maximum absolute atomic E-state index is 13.5. The predicted octanol–water partition coefficient (Wildman–Crippen LogP) is 2.67. The van der Waals surface area contributed by atoms with Crippen molar-refractivity contribution in [3.05, 3.63) is 29.3 Å². The number of hydrogen-bond donors (Lipinski definition) is 2. The Morgan fingerprint density at radius 3 is 1.94 bits per heavy atom. The Kier molecular flexibility index (Phi) is 5.27. The van der Waals surface area contributed by atoms with Crippen LogP contribution in [-0.4, -0.2) is 43.5 Å². The molecule has 0 saturated heterocycles. The van der Waals surface area contributed by atoms with Crippen LogP contribution in [0.15, 0.2) is 18.2 Å². The van der Waals surface area contributed by atoms with Crippen molar-refractivity contribution < 1.29 is 28.7 Å². The summed E-state index contributed by atoms with van der Waals surface area (Å²) in [7, 11) is 2.50. The number of methoxy groups -OCH3 is 2. The number of hydrogen-bond acceptors (Lipinski definition) is 6. The molecule has 31 heavy (non-hydrogen) atoms. The van der Waals surface area contributed by atoms with E-state index in [0.29, 0.717) is 23.9 Å². The number of carbonyl (C=O) groups is 4. The molecule has 2 N–H and O–H groups in total. The number of rotatable bonds is 5. The standard InChI is InChI=1S/C23H28N2O6/c1-13(26)25-23-10-14-4-15(11-23)9-22(8-14,12-23)21(29)24-18-6-16(19(27)30-2)5-17(7-18)20(28)31-3/h5-7,14-15H,4,8-12H2,1-3H3,(H,24,29)(H,25,26)/t14-,15+,22?,23?. The molecule has 8 nitrogen and oxygen atoms in total. The van der Waals surface area contributed by atoms with Gasteiger partial charge in [-0.3, -0.25) is 9.59 Å². The van der Waals surface area contributed by atoms with Crippen LogP contribution in [0, 0.1) is 17.3 Å². The van der Waals surface area contributed by atoms with E-state index >= 15 is 0 Å². The van der Waals surface area contributed by atoms with Crippen molar-refractivity contribution in [1.82, 2.24) is 5.32 Å². The highest BCUT2D eigenvalue weighted by Gasteiger charge is 2.60. The number of amides is 2. The Hall–Kier alpha value is -2.90. The summed E-state index contributed by atoms with van der Waals surface area (Å²) in [5.41, 5.74) is -0.239. The monoisotopic (exact) mass is 428 g/mol. The molecule has 4 saturated carbocycles. The van der Waals surface area contributed by atoms with E-state index in [1.54, 1.807) is 0 Å². The molecule has 0 spiro atoms. The van der Waals surface area contributed by atoms with Gasteiger partial charge in [0.2, 0.25) is 11.8 Å². The maximum atomic E-state index is 13.5. The first-order valence-electron chi connectivity index (χ1n) is 10.6. The van der Waals surface area contributed by atoms with Gasteiger partial charge in [-0.05, 0) is 68.6 Å². The van der Waals surface area contributed by atoms with Gasteiger partial charge in [0.05, 0.1) is 30.8 Å². The van der Waals surface area contributed by atoms with Gasteiger partial charge in [0.1, 0.15) is 0 Å². The van der Waals surface area contributed by atoms with E-state index in [9.17, 15) is 19.2 Å². The van der Waals surface area contributed by atoms with E-state index in [0.717, 1.165) is 32.1 Å². The van der Waals surface area contributed by atoms with Crippen molar-refractivity contribution in [2.45, 2.75) is 51.0 Å². The molecule has 5 rings (SSSR count). The Bertz CT molecular complexity index is 907. The average molecular weight is 428 g/mol. The van der Waals surface area contributed by atoms with E-state index in [1.165, 1.54) is 39.3 Å². The summed E-state index contributed by atoms with van der Waals surface area (Å²) in [6.07, 6.45) is 5.12. The van der Waals surface area contributed by atoms with Gasteiger partial charge in [-0.25, -0.2) is 9.59 Å². The zero-order chi connectivity index (χ0) is 22.4. The molecule has 0 heterocycles. The van der Waals surface area contributed by atoms with Crippen LogP contribution in [0.4, 0.5) is 5.69 Å². The molecule has 4 atom stereocenters. The highest BCUT2D eigenvalue weighted by Crippen LogP contribution is 2.61. The summed E-state index contributed by atoms with van der Waals surface area (Å²) in [5, 5.41) is 6.09. The third-order valence-corrected chi connectivity index (χ3v) is 7.02. The van der Waals surface area contributed by atoms with Crippen molar-refractivity contribution in [1.29, 1.82) is 0 Å². The number of ether oxygens (including phenoxy) is 2. The quantitative estimate of drug-likeness (QED) is 0.698. The van der Waals surface area contributed by atoms with Crippen molar-refractivity contribution in [2.75, 3.05) is 19.5 Å². The third kappa shape index (κ3) is 3.91. The van der Waals surface area contributed by atoms with E-state index in [1.807, 2.05) is 0 Å². The highest BCUT2D eigenvalue weighted by atomic mass is 16.5. The zero-order valence-electron chi connectivity index (χ0n) is 18.1. The first kappa shape index (κ1) is 21.3. The summed E-state index contributed by atoms with van der Waals surface area (Å²) < 4.78 is 9.54. The van der Waals surface area contributed by atoms with Crippen LogP contribution in [0.2, 0.25) is 0 Å². The van der Waals surface area contributed by atoms with Crippen molar-refractivity contribution in [3.63, 3.8) is 0 Å². The van der Waals surface area contributed by atoms with Gasteiger partial charge in [0, 0.05) is 18.2 Å². The van der Waals surface area contributed by atoms with Gasteiger partial charge in [-0.2, -0.15) is 0 Å². The van der Waals surface area contributed by atoms with E-state index in [2.05, 4.69) is 10.6 Å². The fourth-order valence-corrected chi connectivity index (χ4v) is 6.48. The van der Waals surface area contributed by atoms with Crippen LogP contribution >= 0.6 is 0 Å². The lowest BCUT2D eigenvalue weighted by molar-refractivity contribution is -0.148. The molecule has 0 aliphatic heterocycles. The Morgan fingerprint density at radius 2 is 1.45 bits per heavy atom. The van der Waals surface area contributed by atoms with E-state index in [4.69, 9.17) is 9.47 Å². The van der Waals surface area contributed by atoms with Gasteiger partial charge in [-0.15, -0.1) is 0 Å². The van der Waals surface area contributed by atoms with Gasteiger partial charge in [0.15, 0.2) is 0 Å². The SMILES string of the molecule is COC(=O)c1cc(NC(=O)C23C[C@@H]4C[C@@H](CC(NC(C)=O)(C4)C2)C3)cc(C(=O)OC)c1. The minimum absolute atomic E-state index is 0.0639. The number of anilines is 1. The molecule has 0 radical (unpaired) electrons. The van der Waals surface area contributed by atoms with Crippen LogP contribution in [0.25, 0.3) is 0 Å². The highest BCUT2D eigenvalue weighted by molar-refractivity contribution is 6.01. The number of esters is 2. The summed E-state index contributed by atoms with van der Waals surface area (Å²) >= 11 is 0. The summed E-state index contributed by atoms with van der Waals surface area (Å²) in [5.74, 6) is -0.599. The summed E-state index contributed by atoms with van der Waals surface area (Å²) in [4.78, 5) is 49.5. The zero-order valence-corrected chi connectivity index (χ0v) is 18.1. The number of carbonyl (C=O) groups excluding carboxylic acids is 4. The molecule has 2 unspecified atom stereocenters. The van der Waals surface area contributed by atoms with Crippen molar-refractivity contribution in [2.24, 2.45) is 17.3 Å². The minimum atomic E-state index is -0.610.